The zero-order chi connectivity index (χ0) is 13.3. The van der Waals surface area contributed by atoms with Crippen LogP contribution in [0.1, 0.15) is 18.5 Å². The number of hydrogen-bond donors (Lipinski definition) is 2. The number of carbonyl (C=O) groups is 1. The van der Waals surface area contributed by atoms with Crippen molar-refractivity contribution < 1.29 is 18.3 Å². The third-order valence-electron chi connectivity index (χ3n) is 2.63. The number of aromatic amines is 1. The van der Waals surface area contributed by atoms with Crippen LogP contribution in [-0.4, -0.2) is 17.6 Å². The average Bonchev–Trinajstić information content (AvgIpc) is 2.72. The Morgan fingerprint density at radius 2 is 2.11 bits per heavy atom. The molecule has 1 aromatic heterocycles. The first-order chi connectivity index (χ1) is 8.54. The van der Waals surface area contributed by atoms with Crippen LogP contribution in [0.15, 0.2) is 18.3 Å². The van der Waals surface area contributed by atoms with E-state index in [4.69, 9.17) is 10.5 Å². The lowest BCUT2D eigenvalue weighted by Gasteiger charge is -2.09. The summed E-state index contributed by atoms with van der Waals surface area (Å²) in [5.74, 6) is -2.55. The molecule has 96 valence electrons. The highest BCUT2D eigenvalue weighted by molar-refractivity contribution is 5.89. The Hall–Kier alpha value is -1.95. The molecule has 4 nitrogen and oxygen atoms in total. The summed E-state index contributed by atoms with van der Waals surface area (Å²) in [4.78, 5) is 14.2. The minimum atomic E-state index is -1.02. The van der Waals surface area contributed by atoms with Gasteiger partial charge < -0.3 is 15.5 Å². The molecular formula is C12H12F2N2O2. The van der Waals surface area contributed by atoms with Crippen molar-refractivity contribution in [3.63, 3.8) is 0 Å². The van der Waals surface area contributed by atoms with Gasteiger partial charge in [-0.3, -0.25) is 0 Å². The van der Waals surface area contributed by atoms with Gasteiger partial charge in [0.2, 0.25) is 0 Å². The lowest BCUT2D eigenvalue weighted by molar-refractivity contribution is -0.144. The Morgan fingerprint density at radius 3 is 2.78 bits per heavy atom. The number of benzene rings is 1. The van der Waals surface area contributed by atoms with Crippen LogP contribution in [0.4, 0.5) is 8.78 Å². The molecule has 1 heterocycles. The van der Waals surface area contributed by atoms with Crippen molar-refractivity contribution >= 4 is 16.9 Å². The fourth-order valence-electron chi connectivity index (χ4n) is 1.75. The smallest absolute Gasteiger partial charge is 0.327 e. The number of nitrogens with two attached hydrogens (primary N) is 1. The lowest BCUT2D eigenvalue weighted by Crippen LogP contribution is -2.23. The van der Waals surface area contributed by atoms with E-state index in [-0.39, 0.29) is 6.61 Å². The summed E-state index contributed by atoms with van der Waals surface area (Å²) >= 11 is 0. The van der Waals surface area contributed by atoms with E-state index >= 15 is 0 Å². The van der Waals surface area contributed by atoms with Gasteiger partial charge in [0.25, 0.3) is 0 Å². The van der Waals surface area contributed by atoms with Crippen molar-refractivity contribution in [2.24, 2.45) is 5.73 Å². The number of carbonyl (C=O) groups excluding carboxylic acids is 1. The number of hydrogen-bond acceptors (Lipinski definition) is 3. The van der Waals surface area contributed by atoms with Crippen molar-refractivity contribution in [3.05, 3.63) is 35.5 Å². The topological polar surface area (TPSA) is 68.1 Å². The predicted octanol–water partition coefficient (Wildman–Crippen LogP) is 2.01. The Morgan fingerprint density at radius 1 is 1.44 bits per heavy atom. The van der Waals surface area contributed by atoms with Crippen molar-refractivity contribution in [1.82, 2.24) is 4.98 Å². The zero-order valence-corrected chi connectivity index (χ0v) is 9.67. The van der Waals surface area contributed by atoms with Crippen LogP contribution in [0.2, 0.25) is 0 Å². The summed E-state index contributed by atoms with van der Waals surface area (Å²) in [6, 6.07) is 1.00. The molecule has 0 radical (unpaired) electrons. The Balaban J connectivity index is 2.46. The molecule has 6 heteroatoms. The highest BCUT2D eigenvalue weighted by Crippen LogP contribution is 2.25. The molecule has 2 rings (SSSR count). The van der Waals surface area contributed by atoms with Gasteiger partial charge in [0.15, 0.2) is 11.6 Å². The number of aromatic nitrogens is 1. The maximum atomic E-state index is 13.2. The van der Waals surface area contributed by atoms with E-state index in [1.165, 1.54) is 6.20 Å². The molecule has 0 fully saturated rings. The SMILES string of the molecule is CCOC(=O)C(N)c1c[nH]c2cc(F)c(F)cc12. The van der Waals surface area contributed by atoms with Crippen molar-refractivity contribution in [3.8, 4) is 0 Å². The summed E-state index contributed by atoms with van der Waals surface area (Å²) in [7, 11) is 0. The first kappa shape index (κ1) is 12.5. The van der Waals surface area contributed by atoms with Crippen LogP contribution in [0.3, 0.4) is 0 Å². The normalized spacial score (nSPS) is 12.7. The van der Waals surface area contributed by atoms with Gasteiger partial charge in [0.05, 0.1) is 6.61 Å². The van der Waals surface area contributed by atoms with Crippen LogP contribution < -0.4 is 5.73 Å². The molecule has 3 N–H and O–H groups in total. The number of ether oxygens (including phenoxy) is 1. The molecule has 1 aromatic carbocycles. The number of H-pyrrole nitrogens is 1. The minimum absolute atomic E-state index is 0.206. The third-order valence-corrected chi connectivity index (χ3v) is 2.63. The van der Waals surface area contributed by atoms with Crippen LogP contribution in [0.5, 0.6) is 0 Å². The van der Waals surface area contributed by atoms with Gasteiger partial charge in [-0.2, -0.15) is 0 Å². The molecule has 0 spiro atoms. The summed E-state index contributed by atoms with van der Waals surface area (Å²) in [6.07, 6.45) is 1.45. The average molecular weight is 254 g/mol. The highest BCUT2D eigenvalue weighted by atomic mass is 19.2. The molecule has 0 saturated carbocycles. The molecule has 0 aliphatic rings. The first-order valence-corrected chi connectivity index (χ1v) is 5.42. The largest absolute Gasteiger partial charge is 0.465 e. The molecule has 0 bridgehead atoms. The van der Waals surface area contributed by atoms with Crippen molar-refractivity contribution in [1.29, 1.82) is 0 Å². The summed E-state index contributed by atoms with van der Waals surface area (Å²) in [6.45, 7) is 1.87. The Labute approximate surface area is 102 Å². The zero-order valence-electron chi connectivity index (χ0n) is 9.67. The second-order valence-corrected chi connectivity index (χ2v) is 3.79. The maximum absolute atomic E-state index is 13.2. The molecule has 0 aliphatic heterocycles. The summed E-state index contributed by atoms with van der Waals surface area (Å²) < 4.78 is 31.0. The number of fused-ring (bicyclic) bond motifs is 1. The fourth-order valence-corrected chi connectivity index (χ4v) is 1.75. The number of halogens is 2. The molecule has 0 saturated heterocycles. The van der Waals surface area contributed by atoms with Gasteiger partial charge >= 0.3 is 5.97 Å². The first-order valence-electron chi connectivity index (χ1n) is 5.42. The molecule has 18 heavy (non-hydrogen) atoms. The Kier molecular flexibility index (Phi) is 3.29. The molecule has 2 aromatic rings. The quantitative estimate of drug-likeness (QED) is 0.823. The van der Waals surface area contributed by atoms with E-state index in [2.05, 4.69) is 4.98 Å². The number of nitrogens with one attached hydrogen (secondary N) is 1. The van der Waals surface area contributed by atoms with Gasteiger partial charge in [-0.25, -0.2) is 13.6 Å². The van der Waals surface area contributed by atoms with E-state index in [0.717, 1.165) is 12.1 Å². The van der Waals surface area contributed by atoms with Crippen molar-refractivity contribution in [2.45, 2.75) is 13.0 Å². The molecule has 1 atom stereocenters. The van der Waals surface area contributed by atoms with E-state index in [1.807, 2.05) is 0 Å². The van der Waals surface area contributed by atoms with Crippen molar-refractivity contribution in [2.75, 3.05) is 6.61 Å². The van der Waals surface area contributed by atoms with Gasteiger partial charge in [0.1, 0.15) is 6.04 Å². The van der Waals surface area contributed by atoms with Gasteiger partial charge in [0, 0.05) is 28.7 Å². The molecule has 0 aliphatic carbocycles. The number of rotatable bonds is 3. The second kappa shape index (κ2) is 4.73. The van der Waals surface area contributed by atoms with Gasteiger partial charge in [-0.1, -0.05) is 0 Å². The third kappa shape index (κ3) is 2.06. The van der Waals surface area contributed by atoms with Crippen LogP contribution >= 0.6 is 0 Å². The van der Waals surface area contributed by atoms with Crippen LogP contribution in [0, 0.1) is 11.6 Å². The monoisotopic (exact) mass is 254 g/mol. The van der Waals surface area contributed by atoms with Crippen LogP contribution in [-0.2, 0) is 9.53 Å². The van der Waals surface area contributed by atoms with Gasteiger partial charge in [-0.15, -0.1) is 0 Å². The van der Waals surface area contributed by atoms with E-state index in [9.17, 15) is 13.6 Å². The van der Waals surface area contributed by atoms with Gasteiger partial charge in [-0.05, 0) is 13.0 Å². The van der Waals surface area contributed by atoms with E-state index in [0.29, 0.717) is 16.5 Å². The molecule has 1 unspecified atom stereocenters. The summed E-state index contributed by atoms with van der Waals surface area (Å²) in [5.41, 5.74) is 6.47. The number of esters is 1. The highest BCUT2D eigenvalue weighted by Gasteiger charge is 2.21. The maximum Gasteiger partial charge on any atom is 0.327 e. The fraction of sp³-hybridized carbons (Fsp3) is 0.250. The standard InChI is InChI=1S/C12H12F2N2O2/c1-2-18-12(17)11(15)7-5-16-10-4-9(14)8(13)3-6(7)10/h3-5,11,16H,2,15H2,1H3. The Bertz CT molecular complexity index is 595. The minimum Gasteiger partial charge on any atom is -0.465 e. The lowest BCUT2D eigenvalue weighted by atomic mass is 10.1. The molecular weight excluding hydrogens is 242 g/mol. The molecule has 0 amide bonds. The second-order valence-electron chi connectivity index (χ2n) is 3.79. The van der Waals surface area contributed by atoms with Crippen LogP contribution in [0.25, 0.3) is 10.9 Å². The van der Waals surface area contributed by atoms with E-state index in [1.54, 1.807) is 6.92 Å². The van der Waals surface area contributed by atoms with E-state index < -0.39 is 23.6 Å². The predicted molar refractivity (Wildman–Crippen MR) is 61.8 cm³/mol. The summed E-state index contributed by atoms with van der Waals surface area (Å²) in [5, 5.41) is 0.370.